The maximum absolute atomic E-state index is 13.6. The van der Waals surface area contributed by atoms with E-state index in [9.17, 15) is 10.1 Å². The first kappa shape index (κ1) is 18.2. The molecule has 0 unspecified atom stereocenters. The van der Waals surface area contributed by atoms with E-state index in [0.717, 1.165) is 31.7 Å². The fraction of sp³-hybridized carbons (Fsp3) is 0.417. The lowest BCUT2D eigenvalue weighted by molar-refractivity contribution is -0.00341. The summed E-state index contributed by atoms with van der Waals surface area (Å²) < 4.78 is 5.32. The topological polar surface area (TPSA) is 56.6 Å². The van der Waals surface area contributed by atoms with Crippen LogP contribution in [0.2, 0.25) is 0 Å². The summed E-state index contributed by atoms with van der Waals surface area (Å²) in [5.41, 5.74) is 2.25. The molecule has 4 heterocycles. The van der Waals surface area contributed by atoms with E-state index in [1.54, 1.807) is 19.2 Å². The van der Waals surface area contributed by atoms with Gasteiger partial charge < -0.3 is 9.64 Å². The second-order valence-electron chi connectivity index (χ2n) is 8.35. The Morgan fingerprint density at radius 3 is 2.48 bits per heavy atom. The van der Waals surface area contributed by atoms with Crippen molar-refractivity contribution in [2.45, 2.75) is 30.8 Å². The van der Waals surface area contributed by atoms with Gasteiger partial charge in [-0.25, -0.2) is 0 Å². The zero-order valence-corrected chi connectivity index (χ0v) is 16.6. The third-order valence-corrected chi connectivity index (χ3v) is 7.08. The van der Waals surface area contributed by atoms with Crippen molar-refractivity contribution in [1.82, 2.24) is 9.80 Å². The van der Waals surface area contributed by atoms with E-state index in [0.29, 0.717) is 29.6 Å². The van der Waals surface area contributed by atoms with Gasteiger partial charge in [-0.1, -0.05) is 24.3 Å². The zero-order valence-electron chi connectivity index (χ0n) is 16.6. The van der Waals surface area contributed by atoms with Crippen molar-refractivity contribution in [3.63, 3.8) is 0 Å². The van der Waals surface area contributed by atoms with E-state index in [1.807, 2.05) is 24.3 Å². The van der Waals surface area contributed by atoms with E-state index < -0.39 is 0 Å². The van der Waals surface area contributed by atoms with Crippen LogP contribution in [0.25, 0.3) is 0 Å². The molecule has 0 radical (unpaired) electrons. The lowest BCUT2D eigenvalue weighted by Crippen LogP contribution is -2.60. The third-order valence-electron chi connectivity index (χ3n) is 7.08. The predicted octanol–water partition coefficient (Wildman–Crippen LogP) is 3.27. The molecule has 0 aromatic heterocycles. The SMILES string of the molecule is COc1ccc([C@@H]2CN(C(=O)c3ccccc3C#N)[C@@H]3C4CCN(CC4)[C@@H]32)cc1. The summed E-state index contributed by atoms with van der Waals surface area (Å²) >= 11 is 0. The fourth-order valence-corrected chi connectivity index (χ4v) is 5.72. The molecule has 4 aliphatic heterocycles. The van der Waals surface area contributed by atoms with Gasteiger partial charge in [0.25, 0.3) is 5.91 Å². The Morgan fingerprint density at radius 1 is 1.07 bits per heavy atom. The monoisotopic (exact) mass is 387 g/mol. The number of piperidine rings is 3. The zero-order chi connectivity index (χ0) is 20.0. The summed E-state index contributed by atoms with van der Waals surface area (Å²) in [6.07, 6.45) is 2.31. The van der Waals surface area contributed by atoms with Crippen LogP contribution >= 0.6 is 0 Å². The molecule has 3 atom stereocenters. The summed E-state index contributed by atoms with van der Waals surface area (Å²) in [5.74, 6) is 1.69. The Labute approximate surface area is 171 Å². The molecule has 4 fully saturated rings. The van der Waals surface area contributed by atoms with Crippen LogP contribution in [0.3, 0.4) is 0 Å². The van der Waals surface area contributed by atoms with Crippen LogP contribution in [-0.4, -0.2) is 54.5 Å². The van der Waals surface area contributed by atoms with Crippen LogP contribution in [0.1, 0.15) is 40.2 Å². The number of amides is 1. The molecule has 29 heavy (non-hydrogen) atoms. The first-order valence-electron chi connectivity index (χ1n) is 10.4. The Bertz CT molecular complexity index is 957. The quantitative estimate of drug-likeness (QED) is 0.811. The highest BCUT2D eigenvalue weighted by atomic mass is 16.5. The average Bonchev–Trinajstić information content (AvgIpc) is 3.22. The molecule has 2 aromatic rings. The minimum atomic E-state index is 0.00177. The van der Waals surface area contributed by atoms with Crippen LogP contribution in [0.4, 0.5) is 0 Å². The molecule has 6 rings (SSSR count). The highest BCUT2D eigenvalue weighted by Crippen LogP contribution is 2.47. The number of fused-ring (bicyclic) bond motifs is 2. The van der Waals surface area contributed by atoms with Crippen molar-refractivity contribution in [3.05, 3.63) is 65.2 Å². The summed E-state index contributed by atoms with van der Waals surface area (Å²) in [7, 11) is 1.68. The normalized spacial score (nSPS) is 29.9. The number of ether oxygens (including phenoxy) is 1. The molecule has 5 heteroatoms. The summed E-state index contributed by atoms with van der Waals surface area (Å²) in [6, 6.07) is 18.3. The minimum Gasteiger partial charge on any atom is -0.497 e. The predicted molar refractivity (Wildman–Crippen MR) is 110 cm³/mol. The molecule has 2 aromatic carbocycles. The molecule has 0 aliphatic carbocycles. The summed E-state index contributed by atoms with van der Waals surface area (Å²) in [6.45, 7) is 2.94. The van der Waals surface area contributed by atoms with Crippen molar-refractivity contribution >= 4 is 5.91 Å². The number of hydrogen-bond donors (Lipinski definition) is 0. The Hall–Kier alpha value is -2.84. The molecule has 5 nitrogen and oxygen atoms in total. The van der Waals surface area contributed by atoms with Gasteiger partial charge in [-0.3, -0.25) is 9.69 Å². The number of hydrogen-bond acceptors (Lipinski definition) is 4. The first-order chi connectivity index (χ1) is 14.2. The first-order valence-corrected chi connectivity index (χ1v) is 10.4. The number of benzene rings is 2. The number of nitrogens with zero attached hydrogens (tertiary/aromatic N) is 3. The van der Waals surface area contributed by atoms with Gasteiger partial charge in [-0.05, 0) is 61.7 Å². The number of nitriles is 1. The van der Waals surface area contributed by atoms with Gasteiger partial charge >= 0.3 is 0 Å². The number of methoxy groups -OCH3 is 1. The van der Waals surface area contributed by atoms with Crippen molar-refractivity contribution < 1.29 is 9.53 Å². The number of carbonyl (C=O) groups is 1. The molecule has 0 saturated carbocycles. The summed E-state index contributed by atoms with van der Waals surface area (Å²) in [5, 5.41) is 9.49. The largest absolute Gasteiger partial charge is 0.497 e. The average molecular weight is 387 g/mol. The van der Waals surface area contributed by atoms with Gasteiger partial charge in [0.2, 0.25) is 0 Å². The van der Waals surface area contributed by atoms with Crippen molar-refractivity contribution in [2.24, 2.45) is 5.92 Å². The maximum Gasteiger partial charge on any atom is 0.255 e. The molecule has 0 N–H and O–H groups in total. The number of carbonyl (C=O) groups excluding carboxylic acids is 1. The Kier molecular flexibility index (Phi) is 4.52. The van der Waals surface area contributed by atoms with Gasteiger partial charge in [-0.2, -0.15) is 5.26 Å². The van der Waals surface area contributed by atoms with E-state index in [1.165, 1.54) is 5.56 Å². The van der Waals surface area contributed by atoms with Gasteiger partial charge in [0, 0.05) is 18.5 Å². The highest BCUT2D eigenvalue weighted by molar-refractivity contribution is 5.97. The van der Waals surface area contributed by atoms with Crippen LogP contribution < -0.4 is 4.74 Å². The minimum absolute atomic E-state index is 0.00177. The van der Waals surface area contributed by atoms with E-state index >= 15 is 0 Å². The van der Waals surface area contributed by atoms with Crippen LogP contribution in [-0.2, 0) is 0 Å². The molecular formula is C24H25N3O2. The molecule has 1 amide bonds. The van der Waals surface area contributed by atoms with Gasteiger partial charge in [0.05, 0.1) is 30.3 Å². The Balaban J connectivity index is 1.52. The van der Waals surface area contributed by atoms with Gasteiger partial charge in [0.15, 0.2) is 0 Å². The van der Waals surface area contributed by atoms with Crippen molar-refractivity contribution in [1.29, 1.82) is 5.26 Å². The number of rotatable bonds is 3. The standard InChI is InChI=1S/C24H25N3O2/c1-29-19-8-6-16(7-9-19)21-15-27(22-17-10-12-26(13-11-17)23(21)22)24(28)20-5-3-2-4-18(20)14-25/h2-9,17,21-23H,10-13,15H2,1H3/t21-,22+,23+/m0/s1. The van der Waals surface area contributed by atoms with E-state index in [2.05, 4.69) is 28.0 Å². The van der Waals surface area contributed by atoms with Crippen LogP contribution in [0.5, 0.6) is 5.75 Å². The molecule has 2 bridgehead atoms. The highest BCUT2D eigenvalue weighted by Gasteiger charge is 2.54. The fourth-order valence-electron chi connectivity index (χ4n) is 5.72. The number of likely N-dealkylation sites (tertiary alicyclic amines) is 1. The molecule has 0 spiro atoms. The lowest BCUT2D eigenvalue weighted by Gasteiger charge is -2.51. The van der Waals surface area contributed by atoms with E-state index in [4.69, 9.17) is 4.74 Å². The second-order valence-corrected chi connectivity index (χ2v) is 8.35. The smallest absolute Gasteiger partial charge is 0.255 e. The van der Waals surface area contributed by atoms with Gasteiger partial charge in [-0.15, -0.1) is 0 Å². The molecule has 4 aliphatic rings. The third kappa shape index (κ3) is 2.90. The van der Waals surface area contributed by atoms with Crippen LogP contribution in [0.15, 0.2) is 48.5 Å². The second kappa shape index (κ2) is 7.20. The van der Waals surface area contributed by atoms with Crippen molar-refractivity contribution in [3.8, 4) is 11.8 Å². The van der Waals surface area contributed by atoms with Gasteiger partial charge in [0.1, 0.15) is 5.75 Å². The molecular weight excluding hydrogens is 362 g/mol. The maximum atomic E-state index is 13.6. The van der Waals surface area contributed by atoms with Crippen LogP contribution in [0, 0.1) is 17.2 Å². The summed E-state index contributed by atoms with van der Waals surface area (Å²) in [4.78, 5) is 18.2. The Morgan fingerprint density at radius 2 is 1.79 bits per heavy atom. The lowest BCUT2D eigenvalue weighted by atomic mass is 9.75. The molecule has 4 saturated heterocycles. The van der Waals surface area contributed by atoms with Crippen molar-refractivity contribution in [2.75, 3.05) is 26.7 Å². The molecule has 148 valence electrons. The van der Waals surface area contributed by atoms with E-state index in [-0.39, 0.29) is 17.9 Å².